The molecule has 0 bridgehead atoms. The van der Waals surface area contributed by atoms with Crippen LogP contribution in [-0.4, -0.2) is 42.7 Å². The largest absolute Gasteiger partial charge is 0.523 e. The Hall–Kier alpha value is -1.52. The molecule has 25 heavy (non-hydrogen) atoms. The molecule has 5 atom stereocenters. The number of nitrogens with one attached hydrogen (secondary N) is 1. The normalized spacial score (nSPS) is 38.1. The number of carbonyl (C=O) groups is 1. The van der Waals surface area contributed by atoms with Gasteiger partial charge in [-0.1, -0.05) is 18.2 Å². The number of halogens is 5. The quantitative estimate of drug-likeness (QED) is 0.452. The van der Waals surface area contributed by atoms with E-state index in [9.17, 15) is 22.4 Å². The summed E-state index contributed by atoms with van der Waals surface area (Å²) in [6.07, 6.45) is -6.19. The van der Waals surface area contributed by atoms with E-state index >= 15 is 4.39 Å². The first-order valence-electron chi connectivity index (χ1n) is 7.62. The van der Waals surface area contributed by atoms with Crippen LogP contribution in [0.1, 0.15) is 20.3 Å². The molecule has 2 rings (SSSR count). The first-order chi connectivity index (χ1) is 11.5. The van der Waals surface area contributed by atoms with Crippen molar-refractivity contribution in [3.63, 3.8) is 0 Å². The highest BCUT2D eigenvalue weighted by Crippen LogP contribution is 2.50. The third-order valence-corrected chi connectivity index (χ3v) is 4.21. The molecule has 3 N–H and O–H groups in total. The summed E-state index contributed by atoms with van der Waals surface area (Å²) in [7, 11) is 0. The molecule has 1 fully saturated rings. The van der Waals surface area contributed by atoms with E-state index in [1.807, 2.05) is 0 Å². The van der Waals surface area contributed by atoms with Crippen molar-refractivity contribution < 1.29 is 36.2 Å². The Balaban J connectivity index is 2.64. The van der Waals surface area contributed by atoms with E-state index in [4.69, 9.17) is 10.5 Å². The Morgan fingerprint density at radius 2 is 2.12 bits per heavy atom. The Morgan fingerprint density at radius 1 is 1.48 bits per heavy atom. The number of hydrogen-bond donors (Lipinski definition) is 2. The third kappa shape index (κ3) is 3.42. The van der Waals surface area contributed by atoms with Crippen LogP contribution in [0, 0.1) is 5.92 Å². The second-order valence-electron chi connectivity index (χ2n) is 5.88. The molecule has 2 aliphatic rings. The molecule has 0 saturated heterocycles. The molecular weight excluding hydrogens is 351 g/mol. The molecule has 0 aromatic heterocycles. The number of nitrogens with two attached hydrogens (primary N) is 1. The molecular formula is C15H19F5N2O3. The minimum absolute atomic E-state index is 0.0186. The van der Waals surface area contributed by atoms with Gasteiger partial charge in [0.25, 0.3) is 0 Å². The smallest absolute Gasteiger partial charge is 0.348 e. The summed E-state index contributed by atoms with van der Waals surface area (Å²) in [5.74, 6) is -5.52. The fourth-order valence-electron chi connectivity index (χ4n) is 3.35. The van der Waals surface area contributed by atoms with Gasteiger partial charge in [0.05, 0.1) is 0 Å². The van der Waals surface area contributed by atoms with Gasteiger partial charge < -0.3 is 10.1 Å². The van der Waals surface area contributed by atoms with Gasteiger partial charge in [0.1, 0.15) is 6.17 Å². The molecule has 142 valence electrons. The fraction of sp³-hybridized carbons (Fsp3) is 0.667. The second kappa shape index (κ2) is 6.65. The van der Waals surface area contributed by atoms with Gasteiger partial charge >= 0.3 is 6.36 Å². The first-order valence-corrected chi connectivity index (χ1v) is 7.62. The average Bonchev–Trinajstić information content (AvgIpc) is 2.49. The SMILES string of the molecule is CCOC1(NC(C)=O)C2=CC=CCC2C(F)C(OC(F)(F)F)C1(N)F. The maximum Gasteiger partial charge on any atom is 0.523 e. The number of carbonyl (C=O) groups excluding carboxylic acids is 1. The average molecular weight is 370 g/mol. The summed E-state index contributed by atoms with van der Waals surface area (Å²) in [6, 6.07) is 0. The van der Waals surface area contributed by atoms with Crippen LogP contribution in [0.15, 0.2) is 23.8 Å². The topological polar surface area (TPSA) is 73.6 Å². The predicted molar refractivity (Wildman–Crippen MR) is 77.4 cm³/mol. The van der Waals surface area contributed by atoms with Crippen LogP contribution in [0.5, 0.6) is 0 Å². The standard InChI is InChI=1S/C15H19F5N2O3/c1-3-24-14(22-8(2)23)10-7-5-4-6-9(10)11(16)12(13(14,17)21)25-15(18,19)20/h4-5,7,9,11-12H,3,6,21H2,1-2H3,(H,22,23). The molecule has 0 heterocycles. The molecule has 0 aromatic rings. The van der Waals surface area contributed by atoms with Crippen LogP contribution < -0.4 is 11.1 Å². The van der Waals surface area contributed by atoms with Gasteiger partial charge in [0.2, 0.25) is 17.4 Å². The lowest BCUT2D eigenvalue weighted by Crippen LogP contribution is -2.79. The van der Waals surface area contributed by atoms with E-state index in [1.54, 1.807) is 0 Å². The van der Waals surface area contributed by atoms with E-state index in [-0.39, 0.29) is 18.6 Å². The van der Waals surface area contributed by atoms with E-state index in [2.05, 4.69) is 10.1 Å². The number of rotatable bonds is 4. The Bertz CT molecular complexity index is 590. The summed E-state index contributed by atoms with van der Waals surface area (Å²) in [5.41, 5.74) is 2.94. The van der Waals surface area contributed by atoms with E-state index in [0.29, 0.717) is 0 Å². The number of allylic oxidation sites excluding steroid dienone is 3. The van der Waals surface area contributed by atoms with Crippen LogP contribution in [0.3, 0.4) is 0 Å². The maximum absolute atomic E-state index is 15.5. The summed E-state index contributed by atoms with van der Waals surface area (Å²) in [6.45, 7) is 2.26. The first kappa shape index (κ1) is 19.8. The Morgan fingerprint density at radius 3 is 2.64 bits per heavy atom. The molecule has 2 aliphatic carbocycles. The minimum atomic E-state index is -5.33. The van der Waals surface area contributed by atoms with Gasteiger partial charge in [0, 0.05) is 19.4 Å². The number of hydrogen-bond acceptors (Lipinski definition) is 4. The van der Waals surface area contributed by atoms with Crippen LogP contribution in [0.2, 0.25) is 0 Å². The number of ether oxygens (including phenoxy) is 2. The van der Waals surface area contributed by atoms with Crippen molar-refractivity contribution in [2.75, 3.05) is 6.61 Å². The van der Waals surface area contributed by atoms with Crippen LogP contribution in [0.4, 0.5) is 22.0 Å². The van der Waals surface area contributed by atoms with Crippen molar-refractivity contribution in [3.05, 3.63) is 23.8 Å². The van der Waals surface area contributed by atoms with Crippen molar-refractivity contribution >= 4 is 5.91 Å². The van der Waals surface area contributed by atoms with Crippen molar-refractivity contribution in [1.29, 1.82) is 0 Å². The van der Waals surface area contributed by atoms with Crippen molar-refractivity contribution in [2.24, 2.45) is 11.7 Å². The zero-order valence-electron chi connectivity index (χ0n) is 13.6. The molecule has 0 aliphatic heterocycles. The zero-order valence-corrected chi connectivity index (χ0v) is 13.6. The van der Waals surface area contributed by atoms with Crippen LogP contribution in [-0.2, 0) is 14.3 Å². The zero-order chi connectivity index (χ0) is 19.0. The molecule has 10 heteroatoms. The highest BCUT2D eigenvalue weighted by Gasteiger charge is 2.69. The van der Waals surface area contributed by atoms with Crippen molar-refractivity contribution in [2.45, 2.75) is 50.4 Å². The van der Waals surface area contributed by atoms with Gasteiger partial charge in [-0.15, -0.1) is 13.2 Å². The van der Waals surface area contributed by atoms with Gasteiger partial charge in [-0.05, 0) is 18.9 Å². The van der Waals surface area contributed by atoms with E-state index in [1.165, 1.54) is 25.2 Å². The molecule has 0 radical (unpaired) electrons. The molecule has 1 saturated carbocycles. The lowest BCUT2D eigenvalue weighted by Gasteiger charge is -2.54. The van der Waals surface area contributed by atoms with Gasteiger partial charge in [0.15, 0.2) is 6.10 Å². The number of alkyl halides is 5. The highest BCUT2D eigenvalue weighted by molar-refractivity contribution is 5.75. The molecule has 5 unspecified atom stereocenters. The predicted octanol–water partition coefficient (Wildman–Crippen LogP) is 2.24. The summed E-state index contributed by atoms with van der Waals surface area (Å²) in [5, 5.41) is 2.14. The van der Waals surface area contributed by atoms with E-state index < -0.39 is 42.0 Å². The van der Waals surface area contributed by atoms with Gasteiger partial charge in [-0.25, -0.2) is 8.78 Å². The van der Waals surface area contributed by atoms with Crippen LogP contribution >= 0.6 is 0 Å². The molecule has 5 nitrogen and oxygen atoms in total. The lowest BCUT2D eigenvalue weighted by molar-refractivity contribution is -0.378. The minimum Gasteiger partial charge on any atom is -0.348 e. The van der Waals surface area contributed by atoms with E-state index in [0.717, 1.165) is 6.92 Å². The monoisotopic (exact) mass is 370 g/mol. The summed E-state index contributed by atoms with van der Waals surface area (Å²) in [4.78, 5) is 11.6. The second-order valence-corrected chi connectivity index (χ2v) is 5.88. The summed E-state index contributed by atoms with van der Waals surface area (Å²) < 4.78 is 77.3. The Labute approximate surface area is 141 Å². The molecule has 1 amide bonds. The highest BCUT2D eigenvalue weighted by atomic mass is 19.4. The number of amides is 1. The van der Waals surface area contributed by atoms with Crippen LogP contribution in [0.25, 0.3) is 0 Å². The Kier molecular flexibility index (Phi) is 5.27. The third-order valence-electron chi connectivity index (χ3n) is 4.21. The maximum atomic E-state index is 15.5. The molecule has 0 aromatic carbocycles. The van der Waals surface area contributed by atoms with Gasteiger partial charge in [-0.3, -0.25) is 15.3 Å². The fourth-order valence-corrected chi connectivity index (χ4v) is 3.35. The van der Waals surface area contributed by atoms with Crippen molar-refractivity contribution in [1.82, 2.24) is 5.32 Å². The van der Waals surface area contributed by atoms with Gasteiger partial charge in [-0.2, -0.15) is 0 Å². The lowest BCUT2D eigenvalue weighted by atomic mass is 9.68. The molecule has 0 spiro atoms. The number of fused-ring (bicyclic) bond motifs is 1. The van der Waals surface area contributed by atoms with Crippen molar-refractivity contribution in [3.8, 4) is 0 Å². The summed E-state index contributed by atoms with van der Waals surface area (Å²) >= 11 is 0.